The van der Waals surface area contributed by atoms with E-state index in [-0.39, 0.29) is 5.41 Å². The van der Waals surface area contributed by atoms with E-state index in [0.717, 1.165) is 25.7 Å². The minimum Gasteiger partial charge on any atom is -0.300 e. The largest absolute Gasteiger partial charge is 0.300 e. The molecule has 0 amide bonds. The van der Waals surface area contributed by atoms with Gasteiger partial charge < -0.3 is 0 Å². The van der Waals surface area contributed by atoms with E-state index in [9.17, 15) is 9.59 Å². The van der Waals surface area contributed by atoms with Crippen molar-refractivity contribution in [1.82, 2.24) is 0 Å². The Morgan fingerprint density at radius 2 is 1.37 bits per heavy atom. The number of carbonyl (C=O) groups is 2. The Hall–Kier alpha value is -0.660. The van der Waals surface area contributed by atoms with Crippen LogP contribution in [0.15, 0.2) is 0 Å². The number of carbonyl (C=O) groups excluding carboxylic acids is 2. The van der Waals surface area contributed by atoms with Gasteiger partial charge in [-0.15, -0.1) is 0 Å². The molecule has 0 N–H and O–H groups in total. The molecule has 0 aromatic heterocycles. The lowest BCUT2D eigenvalue weighted by atomic mass is 9.79. The van der Waals surface area contributed by atoms with Crippen molar-refractivity contribution in [3.63, 3.8) is 0 Å². The highest BCUT2D eigenvalue weighted by atomic mass is 16.1. The molecule has 0 radical (unpaired) electrons. The highest BCUT2D eigenvalue weighted by molar-refractivity contribution is 5.81. The zero-order chi connectivity index (χ0) is 14.9. The van der Waals surface area contributed by atoms with Crippen LogP contribution in [0, 0.1) is 11.3 Å². The van der Waals surface area contributed by atoms with E-state index in [2.05, 4.69) is 34.6 Å². The summed E-state index contributed by atoms with van der Waals surface area (Å²) in [6, 6.07) is 0. The van der Waals surface area contributed by atoms with Crippen LogP contribution in [0.3, 0.4) is 0 Å². The predicted molar refractivity (Wildman–Crippen MR) is 81.2 cm³/mol. The van der Waals surface area contributed by atoms with E-state index in [1.54, 1.807) is 0 Å². The molecule has 2 nitrogen and oxygen atoms in total. The van der Waals surface area contributed by atoms with Gasteiger partial charge in [0.25, 0.3) is 0 Å². The predicted octanol–water partition coefficient (Wildman–Crippen LogP) is 4.95. The fourth-order valence-corrected chi connectivity index (χ4v) is 1.92. The number of hydrogen-bond acceptors (Lipinski definition) is 2. The molecule has 0 fully saturated rings. The summed E-state index contributed by atoms with van der Waals surface area (Å²) in [4.78, 5) is 23.2. The minimum atomic E-state index is 0.274. The molecule has 112 valence electrons. The van der Waals surface area contributed by atoms with Gasteiger partial charge in [0.05, 0.1) is 0 Å². The van der Waals surface area contributed by atoms with E-state index in [4.69, 9.17) is 0 Å². The lowest BCUT2D eigenvalue weighted by molar-refractivity contribution is -0.120. The summed E-state index contributed by atoms with van der Waals surface area (Å²) in [7, 11) is 0. The van der Waals surface area contributed by atoms with Crippen LogP contribution in [0.5, 0.6) is 0 Å². The third-order valence-electron chi connectivity index (χ3n) is 4.05. The molecule has 0 bridgehead atoms. The maximum atomic E-state index is 11.8. The first-order chi connectivity index (χ1) is 8.77. The fourth-order valence-electron chi connectivity index (χ4n) is 1.92. The van der Waals surface area contributed by atoms with Crippen molar-refractivity contribution in [2.45, 2.75) is 86.0 Å². The SMILES string of the molecule is CCCCC(=O)CCCC(=O)CCC(C)C(C)(C)C. The molecule has 0 aliphatic rings. The Balaban J connectivity index is 3.68. The van der Waals surface area contributed by atoms with E-state index in [1.165, 1.54) is 0 Å². The van der Waals surface area contributed by atoms with Crippen molar-refractivity contribution in [3.8, 4) is 0 Å². The standard InChI is InChI=1S/C17H32O2/c1-6-7-9-15(18)10-8-11-16(19)13-12-14(2)17(3,4)5/h14H,6-13H2,1-5H3. The van der Waals surface area contributed by atoms with Crippen LogP contribution in [0.1, 0.15) is 86.0 Å². The van der Waals surface area contributed by atoms with Crippen molar-refractivity contribution >= 4 is 11.6 Å². The number of rotatable bonds is 10. The fraction of sp³-hybridized carbons (Fsp3) is 0.882. The first kappa shape index (κ1) is 18.3. The highest BCUT2D eigenvalue weighted by Gasteiger charge is 2.20. The van der Waals surface area contributed by atoms with Crippen LogP contribution in [-0.4, -0.2) is 11.6 Å². The van der Waals surface area contributed by atoms with Crippen LogP contribution in [0.2, 0.25) is 0 Å². The molecule has 2 heteroatoms. The average molecular weight is 268 g/mol. The lowest BCUT2D eigenvalue weighted by Crippen LogP contribution is -2.18. The van der Waals surface area contributed by atoms with Crippen LogP contribution >= 0.6 is 0 Å². The van der Waals surface area contributed by atoms with Crippen LogP contribution < -0.4 is 0 Å². The van der Waals surface area contributed by atoms with Crippen molar-refractivity contribution in [3.05, 3.63) is 0 Å². The van der Waals surface area contributed by atoms with Gasteiger partial charge in [0.2, 0.25) is 0 Å². The maximum Gasteiger partial charge on any atom is 0.132 e. The van der Waals surface area contributed by atoms with Crippen molar-refractivity contribution < 1.29 is 9.59 Å². The van der Waals surface area contributed by atoms with Crippen LogP contribution in [-0.2, 0) is 9.59 Å². The highest BCUT2D eigenvalue weighted by Crippen LogP contribution is 2.29. The second-order valence-corrected chi connectivity index (χ2v) is 6.84. The third-order valence-corrected chi connectivity index (χ3v) is 4.05. The molecule has 0 rings (SSSR count). The molecule has 0 aliphatic heterocycles. The molecule has 0 saturated carbocycles. The molecule has 1 atom stereocenters. The van der Waals surface area contributed by atoms with Gasteiger partial charge in [0.1, 0.15) is 11.6 Å². The number of ketones is 2. The molecular weight excluding hydrogens is 236 g/mol. The van der Waals surface area contributed by atoms with Crippen LogP contribution in [0.4, 0.5) is 0 Å². The van der Waals surface area contributed by atoms with Crippen LogP contribution in [0.25, 0.3) is 0 Å². The van der Waals surface area contributed by atoms with E-state index in [0.29, 0.717) is 43.2 Å². The third kappa shape index (κ3) is 9.86. The smallest absolute Gasteiger partial charge is 0.132 e. The Kier molecular flexibility index (Phi) is 8.95. The van der Waals surface area contributed by atoms with Gasteiger partial charge in [-0.1, -0.05) is 41.0 Å². The molecule has 0 aliphatic carbocycles. The monoisotopic (exact) mass is 268 g/mol. The van der Waals surface area contributed by atoms with E-state index in [1.807, 2.05) is 0 Å². The summed E-state index contributed by atoms with van der Waals surface area (Å²) in [5, 5.41) is 0. The molecule has 0 aromatic rings. The van der Waals surface area contributed by atoms with E-state index < -0.39 is 0 Å². The molecule has 0 heterocycles. The minimum absolute atomic E-state index is 0.274. The normalized spacial score (nSPS) is 13.3. The molecule has 0 saturated heterocycles. The Bertz CT molecular complexity index is 273. The molecular formula is C17H32O2. The zero-order valence-electron chi connectivity index (χ0n) is 13.6. The summed E-state index contributed by atoms with van der Waals surface area (Å²) in [6.45, 7) is 11.0. The quantitative estimate of drug-likeness (QED) is 0.562. The number of hydrogen-bond donors (Lipinski definition) is 0. The molecule has 0 spiro atoms. The molecule has 1 unspecified atom stereocenters. The van der Waals surface area contributed by atoms with Gasteiger partial charge in [0.15, 0.2) is 0 Å². The topological polar surface area (TPSA) is 34.1 Å². The van der Waals surface area contributed by atoms with Crippen molar-refractivity contribution in [1.29, 1.82) is 0 Å². The van der Waals surface area contributed by atoms with Gasteiger partial charge >= 0.3 is 0 Å². The van der Waals surface area contributed by atoms with Gasteiger partial charge in [-0.2, -0.15) is 0 Å². The lowest BCUT2D eigenvalue weighted by Gasteiger charge is -2.26. The Morgan fingerprint density at radius 1 is 0.895 bits per heavy atom. The first-order valence-corrected chi connectivity index (χ1v) is 7.80. The number of unbranched alkanes of at least 4 members (excludes halogenated alkanes) is 1. The van der Waals surface area contributed by atoms with Gasteiger partial charge in [-0.3, -0.25) is 9.59 Å². The maximum absolute atomic E-state index is 11.8. The van der Waals surface area contributed by atoms with Crippen molar-refractivity contribution in [2.75, 3.05) is 0 Å². The summed E-state index contributed by atoms with van der Waals surface area (Å²) in [5.41, 5.74) is 0.274. The molecule has 0 aromatic carbocycles. The second-order valence-electron chi connectivity index (χ2n) is 6.84. The summed E-state index contributed by atoms with van der Waals surface area (Å²) in [6.07, 6.45) is 6.27. The Labute approximate surface area is 119 Å². The number of Topliss-reactive ketones (excluding diaryl/α,β-unsaturated/α-hetero) is 2. The first-order valence-electron chi connectivity index (χ1n) is 7.80. The zero-order valence-corrected chi connectivity index (χ0v) is 13.6. The summed E-state index contributed by atoms with van der Waals surface area (Å²) < 4.78 is 0. The van der Waals surface area contributed by atoms with Gasteiger partial charge in [-0.25, -0.2) is 0 Å². The Morgan fingerprint density at radius 3 is 1.84 bits per heavy atom. The summed E-state index contributed by atoms with van der Waals surface area (Å²) in [5.74, 6) is 1.19. The summed E-state index contributed by atoms with van der Waals surface area (Å²) >= 11 is 0. The second kappa shape index (κ2) is 9.28. The van der Waals surface area contributed by atoms with Crippen molar-refractivity contribution in [2.24, 2.45) is 11.3 Å². The van der Waals surface area contributed by atoms with Gasteiger partial charge in [0, 0.05) is 25.7 Å². The van der Waals surface area contributed by atoms with Gasteiger partial charge in [-0.05, 0) is 30.6 Å². The molecule has 19 heavy (non-hydrogen) atoms. The van der Waals surface area contributed by atoms with E-state index >= 15 is 0 Å². The average Bonchev–Trinajstić information content (AvgIpc) is 2.32.